The first-order valence-corrected chi connectivity index (χ1v) is 3.94. The van der Waals surface area contributed by atoms with Crippen LogP contribution in [0.15, 0.2) is 0 Å². The van der Waals surface area contributed by atoms with Gasteiger partial charge in [0, 0.05) is 0 Å². The summed E-state index contributed by atoms with van der Waals surface area (Å²) in [6, 6.07) is 0. The van der Waals surface area contributed by atoms with Crippen molar-refractivity contribution >= 4 is 12.4 Å². The van der Waals surface area contributed by atoms with Crippen LogP contribution < -0.4 is 0 Å². The van der Waals surface area contributed by atoms with Crippen LogP contribution in [0.5, 0.6) is 0 Å². The molecule has 0 amide bonds. The molecule has 6 heavy (non-hydrogen) atoms. The molecular formula is C4H8ClZn. The molecule has 1 aliphatic carbocycles. The Bertz CT molecular complexity index is 34.5. The van der Waals surface area contributed by atoms with Gasteiger partial charge in [-0.1, -0.05) is 0 Å². The van der Waals surface area contributed by atoms with Crippen molar-refractivity contribution in [2.45, 2.75) is 23.8 Å². The second-order valence-corrected chi connectivity index (χ2v) is 4.22. The molecule has 1 rings (SSSR count). The maximum atomic E-state index is 1.54. The normalized spacial score (nSPS) is 21.7. The van der Waals surface area contributed by atoms with Crippen LogP contribution in [0.25, 0.3) is 0 Å². The van der Waals surface area contributed by atoms with E-state index in [2.05, 4.69) is 0 Å². The topological polar surface area (TPSA) is 0 Å². The average Bonchev–Trinajstić information content (AvgIpc) is 1.30. The van der Waals surface area contributed by atoms with Crippen molar-refractivity contribution in [1.29, 1.82) is 0 Å². The molecular weight excluding hydrogens is 149 g/mol. The summed E-state index contributed by atoms with van der Waals surface area (Å²) >= 11 is 1.54. The van der Waals surface area contributed by atoms with Crippen molar-refractivity contribution in [3.05, 3.63) is 0 Å². The SMILES string of the molecule is Cl.[Zn][CH]1CCC1. The monoisotopic (exact) mass is 155 g/mol. The quantitative estimate of drug-likeness (QED) is 0.471. The van der Waals surface area contributed by atoms with Crippen LogP contribution >= 0.6 is 12.4 Å². The fourth-order valence-electron chi connectivity index (χ4n) is 0.493. The van der Waals surface area contributed by atoms with Crippen molar-refractivity contribution in [2.75, 3.05) is 0 Å². The predicted octanol–water partition coefficient (Wildman–Crippen LogP) is 1.93. The molecule has 0 nitrogen and oxygen atoms in total. The summed E-state index contributed by atoms with van der Waals surface area (Å²) in [4.78, 5) is 0. The molecule has 1 aliphatic rings. The first-order valence-electron chi connectivity index (χ1n) is 2.22. The predicted molar refractivity (Wildman–Crippen MR) is 24.8 cm³/mol. The van der Waals surface area contributed by atoms with Gasteiger partial charge in [0.05, 0.1) is 0 Å². The van der Waals surface area contributed by atoms with E-state index in [1.807, 2.05) is 0 Å². The molecule has 0 unspecified atom stereocenters. The van der Waals surface area contributed by atoms with Gasteiger partial charge in [0.2, 0.25) is 0 Å². The van der Waals surface area contributed by atoms with E-state index in [1.54, 1.807) is 31.1 Å². The van der Waals surface area contributed by atoms with Gasteiger partial charge in [-0.3, -0.25) is 0 Å². The Morgan fingerprint density at radius 3 is 1.67 bits per heavy atom. The molecule has 0 bridgehead atoms. The molecule has 0 heterocycles. The third-order valence-electron chi connectivity index (χ3n) is 1.22. The molecule has 33 valence electrons. The van der Waals surface area contributed by atoms with Gasteiger partial charge in [-0.05, 0) is 0 Å². The standard InChI is InChI=1S/C4H7.ClH.Zn/c1-2-4-3-1;;/h1H,2-4H2;1H;. The molecule has 0 aliphatic heterocycles. The molecule has 2 heteroatoms. The van der Waals surface area contributed by atoms with Crippen molar-refractivity contribution in [3.63, 3.8) is 0 Å². The van der Waals surface area contributed by atoms with Crippen LogP contribution in [0.3, 0.4) is 0 Å². The van der Waals surface area contributed by atoms with Crippen LogP contribution in [0.2, 0.25) is 4.51 Å². The van der Waals surface area contributed by atoms with Crippen LogP contribution in [-0.4, -0.2) is 0 Å². The molecule has 0 radical (unpaired) electrons. The minimum atomic E-state index is 0. The van der Waals surface area contributed by atoms with E-state index in [0.717, 1.165) is 0 Å². The molecule has 0 atom stereocenters. The molecule has 0 aromatic rings. The van der Waals surface area contributed by atoms with Crippen molar-refractivity contribution < 1.29 is 18.3 Å². The summed E-state index contributed by atoms with van der Waals surface area (Å²) in [6.45, 7) is 0. The zero-order chi connectivity index (χ0) is 3.70. The number of rotatable bonds is 0. The van der Waals surface area contributed by atoms with E-state index >= 15 is 0 Å². The molecule has 0 aromatic carbocycles. The molecule has 1 fully saturated rings. The van der Waals surface area contributed by atoms with E-state index in [1.165, 1.54) is 10.9 Å². The Balaban J connectivity index is 0.000000250. The van der Waals surface area contributed by atoms with Crippen molar-refractivity contribution in [2.24, 2.45) is 0 Å². The zero-order valence-electron chi connectivity index (χ0n) is 3.81. The van der Waals surface area contributed by atoms with Crippen molar-refractivity contribution in [3.8, 4) is 0 Å². The van der Waals surface area contributed by atoms with E-state index in [-0.39, 0.29) is 12.4 Å². The summed E-state index contributed by atoms with van der Waals surface area (Å²) in [7, 11) is 0. The second-order valence-electron chi connectivity index (χ2n) is 1.80. The van der Waals surface area contributed by atoms with Gasteiger partial charge in [-0.2, -0.15) is 0 Å². The van der Waals surface area contributed by atoms with Gasteiger partial charge < -0.3 is 0 Å². The Hall–Kier alpha value is 0.913. The molecule has 1 saturated carbocycles. The zero-order valence-corrected chi connectivity index (χ0v) is 7.60. The summed E-state index contributed by atoms with van der Waals surface area (Å²) in [5.41, 5.74) is 0. The van der Waals surface area contributed by atoms with E-state index in [4.69, 9.17) is 0 Å². The van der Waals surface area contributed by atoms with Gasteiger partial charge in [0.25, 0.3) is 0 Å². The van der Waals surface area contributed by atoms with Gasteiger partial charge in [0.15, 0.2) is 0 Å². The summed E-state index contributed by atoms with van der Waals surface area (Å²) in [5, 5.41) is 0. The Kier molecular flexibility index (Phi) is 3.44. The van der Waals surface area contributed by atoms with E-state index in [0.29, 0.717) is 0 Å². The van der Waals surface area contributed by atoms with Crippen LogP contribution in [0.1, 0.15) is 19.3 Å². The molecule has 0 N–H and O–H groups in total. The number of hydrogen-bond acceptors (Lipinski definition) is 0. The number of halogens is 1. The van der Waals surface area contributed by atoms with E-state index < -0.39 is 0 Å². The second kappa shape index (κ2) is 2.99. The fraction of sp³-hybridized carbons (Fsp3) is 1.00. The van der Waals surface area contributed by atoms with E-state index in [9.17, 15) is 0 Å². The third kappa shape index (κ3) is 1.57. The van der Waals surface area contributed by atoms with Crippen LogP contribution in [0.4, 0.5) is 0 Å². The maximum absolute atomic E-state index is 1.54. The molecule has 0 aromatic heterocycles. The summed E-state index contributed by atoms with van der Waals surface area (Å²) in [5.74, 6) is 0. The average molecular weight is 157 g/mol. The van der Waals surface area contributed by atoms with Crippen LogP contribution in [-0.2, 0) is 18.3 Å². The summed E-state index contributed by atoms with van der Waals surface area (Å²) < 4.78 is 1.19. The van der Waals surface area contributed by atoms with Gasteiger partial charge in [0.1, 0.15) is 0 Å². The minimum absolute atomic E-state index is 0. The first-order chi connectivity index (χ1) is 2.39. The number of hydrogen-bond donors (Lipinski definition) is 0. The van der Waals surface area contributed by atoms with Crippen LogP contribution in [0, 0.1) is 0 Å². The molecule has 0 saturated heterocycles. The van der Waals surface area contributed by atoms with Gasteiger partial charge >= 0.3 is 42.1 Å². The Morgan fingerprint density at radius 1 is 1.33 bits per heavy atom. The Morgan fingerprint density at radius 2 is 1.67 bits per heavy atom. The fourth-order valence-corrected chi connectivity index (χ4v) is 1.70. The molecule has 0 spiro atoms. The third-order valence-corrected chi connectivity index (χ3v) is 2.94. The van der Waals surface area contributed by atoms with Crippen molar-refractivity contribution in [1.82, 2.24) is 0 Å². The summed E-state index contributed by atoms with van der Waals surface area (Å²) in [6.07, 6.45) is 4.60. The van der Waals surface area contributed by atoms with Gasteiger partial charge in [-0.15, -0.1) is 12.4 Å². The first kappa shape index (κ1) is 6.91. The van der Waals surface area contributed by atoms with Gasteiger partial charge in [-0.25, -0.2) is 0 Å². The Labute approximate surface area is 54.8 Å².